The molecule has 0 aliphatic rings. The van der Waals surface area contributed by atoms with Crippen LogP contribution in [0, 0.1) is 6.92 Å². The number of aryl methyl sites for hydroxylation is 1. The maximum Gasteiger partial charge on any atom is 0.180 e. The summed E-state index contributed by atoms with van der Waals surface area (Å²) in [6.45, 7) is 7.40. The van der Waals surface area contributed by atoms with E-state index in [0.717, 1.165) is 37.2 Å². The van der Waals surface area contributed by atoms with Crippen molar-refractivity contribution in [2.45, 2.75) is 33.4 Å². The van der Waals surface area contributed by atoms with Gasteiger partial charge >= 0.3 is 0 Å². The van der Waals surface area contributed by atoms with E-state index in [0.29, 0.717) is 29.7 Å². The zero-order valence-electron chi connectivity index (χ0n) is 16.2. The second kappa shape index (κ2) is 12.8. The predicted molar refractivity (Wildman–Crippen MR) is 114 cm³/mol. The molecule has 0 radical (unpaired) electrons. The topological polar surface area (TPSA) is 39.7 Å². The van der Waals surface area contributed by atoms with Gasteiger partial charge in [0.25, 0.3) is 0 Å². The van der Waals surface area contributed by atoms with Crippen molar-refractivity contribution < 1.29 is 14.2 Å². The van der Waals surface area contributed by atoms with Crippen molar-refractivity contribution >= 4 is 24.0 Å². The van der Waals surface area contributed by atoms with Gasteiger partial charge in [-0.15, -0.1) is 12.4 Å². The average molecular weight is 414 g/mol. The summed E-state index contributed by atoms with van der Waals surface area (Å²) in [4.78, 5) is 0. The fourth-order valence-corrected chi connectivity index (χ4v) is 2.83. The Morgan fingerprint density at radius 3 is 2.44 bits per heavy atom. The molecule has 0 fully saturated rings. The van der Waals surface area contributed by atoms with Gasteiger partial charge in [-0.1, -0.05) is 41.4 Å². The molecule has 2 aromatic rings. The van der Waals surface area contributed by atoms with Crippen molar-refractivity contribution in [2.24, 2.45) is 0 Å². The summed E-state index contributed by atoms with van der Waals surface area (Å²) in [5.41, 5.74) is 3.39. The van der Waals surface area contributed by atoms with E-state index < -0.39 is 0 Å². The molecule has 0 spiro atoms. The highest BCUT2D eigenvalue weighted by Gasteiger charge is 2.13. The van der Waals surface area contributed by atoms with Gasteiger partial charge in [0.15, 0.2) is 11.5 Å². The van der Waals surface area contributed by atoms with Crippen molar-refractivity contribution in [1.82, 2.24) is 5.32 Å². The molecule has 4 nitrogen and oxygen atoms in total. The van der Waals surface area contributed by atoms with E-state index >= 15 is 0 Å². The number of ether oxygens (including phenoxy) is 3. The zero-order valence-corrected chi connectivity index (χ0v) is 17.8. The highest BCUT2D eigenvalue weighted by molar-refractivity contribution is 6.32. The quantitative estimate of drug-likeness (QED) is 0.515. The molecule has 0 bridgehead atoms. The number of nitrogens with one attached hydrogen (secondary N) is 1. The molecule has 2 aromatic carbocycles. The number of hydrogen-bond acceptors (Lipinski definition) is 4. The molecule has 0 saturated carbocycles. The van der Waals surface area contributed by atoms with Crippen LogP contribution >= 0.6 is 24.0 Å². The van der Waals surface area contributed by atoms with E-state index in [1.807, 2.05) is 19.1 Å². The molecule has 27 heavy (non-hydrogen) atoms. The Hall–Kier alpha value is -1.46. The molecular formula is C21H29Cl2NO3. The van der Waals surface area contributed by atoms with E-state index in [4.69, 9.17) is 25.8 Å². The second-order valence-corrected chi connectivity index (χ2v) is 6.54. The SMILES string of the molecule is CCOc1cc(CNCCCOC)cc(Cl)c1OCc1ccc(C)cc1.Cl. The van der Waals surface area contributed by atoms with Crippen molar-refractivity contribution in [3.63, 3.8) is 0 Å². The van der Waals surface area contributed by atoms with Crippen LogP contribution in [0.1, 0.15) is 30.0 Å². The molecule has 0 aromatic heterocycles. The van der Waals surface area contributed by atoms with Gasteiger partial charge in [0.2, 0.25) is 0 Å². The fourth-order valence-electron chi connectivity index (χ4n) is 2.54. The number of benzene rings is 2. The average Bonchev–Trinajstić information content (AvgIpc) is 2.62. The van der Waals surface area contributed by atoms with E-state index in [1.54, 1.807) is 7.11 Å². The number of methoxy groups -OCH3 is 1. The first-order valence-corrected chi connectivity index (χ1v) is 9.35. The van der Waals surface area contributed by atoms with Gasteiger partial charge in [0.1, 0.15) is 6.61 Å². The first kappa shape index (κ1) is 23.6. The van der Waals surface area contributed by atoms with Crippen LogP contribution in [0.2, 0.25) is 5.02 Å². The van der Waals surface area contributed by atoms with Crippen molar-refractivity contribution in [1.29, 1.82) is 0 Å². The minimum atomic E-state index is 0. The molecular weight excluding hydrogens is 385 g/mol. The third-order valence-electron chi connectivity index (χ3n) is 3.90. The van der Waals surface area contributed by atoms with Gasteiger partial charge in [-0.25, -0.2) is 0 Å². The lowest BCUT2D eigenvalue weighted by Gasteiger charge is -2.16. The van der Waals surface area contributed by atoms with Crippen LogP contribution in [0.3, 0.4) is 0 Å². The monoisotopic (exact) mass is 413 g/mol. The third kappa shape index (κ3) is 7.97. The molecule has 2 rings (SSSR count). The van der Waals surface area contributed by atoms with Crippen LogP contribution in [0.5, 0.6) is 11.5 Å². The van der Waals surface area contributed by atoms with Crippen molar-refractivity contribution in [3.05, 3.63) is 58.1 Å². The maximum atomic E-state index is 6.47. The minimum Gasteiger partial charge on any atom is -0.490 e. The Kier molecular flexibility index (Phi) is 11.2. The molecule has 0 amide bonds. The van der Waals surface area contributed by atoms with Gasteiger partial charge in [-0.3, -0.25) is 0 Å². The highest BCUT2D eigenvalue weighted by Crippen LogP contribution is 2.37. The first-order valence-electron chi connectivity index (χ1n) is 8.97. The molecule has 0 aliphatic carbocycles. The Balaban J connectivity index is 0.00000364. The van der Waals surface area contributed by atoms with Gasteiger partial charge in [-0.05, 0) is 50.1 Å². The first-order chi connectivity index (χ1) is 12.6. The summed E-state index contributed by atoms with van der Waals surface area (Å²) in [6.07, 6.45) is 0.973. The maximum absolute atomic E-state index is 6.47. The molecule has 0 heterocycles. The minimum absolute atomic E-state index is 0. The van der Waals surface area contributed by atoms with Crippen LogP contribution in [0.15, 0.2) is 36.4 Å². The third-order valence-corrected chi connectivity index (χ3v) is 4.18. The normalized spacial score (nSPS) is 10.4. The molecule has 1 N–H and O–H groups in total. The molecule has 6 heteroatoms. The van der Waals surface area contributed by atoms with Crippen LogP contribution in [-0.2, 0) is 17.9 Å². The standard InChI is InChI=1S/C21H28ClNO3.ClH/c1-4-25-20-13-18(14-23-10-5-11-24-3)12-19(22)21(20)26-15-17-8-6-16(2)7-9-17;/h6-9,12-13,23H,4-5,10-11,14-15H2,1-3H3;1H. The van der Waals surface area contributed by atoms with Crippen LogP contribution in [-0.4, -0.2) is 26.9 Å². The van der Waals surface area contributed by atoms with Gasteiger partial charge in [-0.2, -0.15) is 0 Å². The van der Waals surface area contributed by atoms with E-state index in [1.165, 1.54) is 5.56 Å². The Morgan fingerprint density at radius 2 is 1.78 bits per heavy atom. The van der Waals surface area contributed by atoms with Gasteiger partial charge in [0.05, 0.1) is 11.6 Å². The Bertz CT molecular complexity index is 678. The summed E-state index contributed by atoms with van der Waals surface area (Å²) < 4.78 is 16.8. The molecule has 0 unspecified atom stereocenters. The van der Waals surface area contributed by atoms with Gasteiger partial charge in [0, 0.05) is 20.3 Å². The summed E-state index contributed by atoms with van der Waals surface area (Å²) in [5.74, 6) is 1.28. The molecule has 0 saturated heterocycles. The molecule has 150 valence electrons. The van der Waals surface area contributed by atoms with Crippen molar-refractivity contribution in [2.75, 3.05) is 26.9 Å². The molecule has 0 aliphatic heterocycles. The fraction of sp³-hybridized carbons (Fsp3) is 0.429. The zero-order chi connectivity index (χ0) is 18.8. The van der Waals surface area contributed by atoms with Gasteiger partial charge < -0.3 is 19.5 Å². The number of rotatable bonds is 11. The summed E-state index contributed by atoms with van der Waals surface area (Å²) in [6, 6.07) is 12.2. The summed E-state index contributed by atoms with van der Waals surface area (Å²) in [7, 11) is 1.71. The smallest absolute Gasteiger partial charge is 0.180 e. The van der Waals surface area contributed by atoms with E-state index in [-0.39, 0.29) is 12.4 Å². The Morgan fingerprint density at radius 1 is 1.04 bits per heavy atom. The summed E-state index contributed by atoms with van der Waals surface area (Å²) >= 11 is 6.47. The van der Waals surface area contributed by atoms with Crippen LogP contribution in [0.25, 0.3) is 0 Å². The lowest BCUT2D eigenvalue weighted by molar-refractivity contribution is 0.194. The lowest BCUT2D eigenvalue weighted by atomic mass is 10.1. The van der Waals surface area contributed by atoms with Crippen LogP contribution < -0.4 is 14.8 Å². The summed E-state index contributed by atoms with van der Waals surface area (Å²) in [5, 5.41) is 3.95. The number of hydrogen-bond donors (Lipinski definition) is 1. The highest BCUT2D eigenvalue weighted by atomic mass is 35.5. The Labute approximate surface area is 173 Å². The van der Waals surface area contributed by atoms with Crippen molar-refractivity contribution in [3.8, 4) is 11.5 Å². The molecule has 0 atom stereocenters. The van der Waals surface area contributed by atoms with Crippen LogP contribution in [0.4, 0.5) is 0 Å². The number of halogens is 2. The van der Waals surface area contributed by atoms with E-state index in [9.17, 15) is 0 Å². The predicted octanol–water partition coefficient (Wildman–Crippen LogP) is 5.17. The largest absolute Gasteiger partial charge is 0.490 e. The van der Waals surface area contributed by atoms with E-state index in [2.05, 4.69) is 36.5 Å². The second-order valence-electron chi connectivity index (χ2n) is 6.14. The lowest BCUT2D eigenvalue weighted by Crippen LogP contribution is -2.16.